The topological polar surface area (TPSA) is 29.6 Å². The summed E-state index contributed by atoms with van der Waals surface area (Å²) in [6.07, 6.45) is 7.71. The van der Waals surface area contributed by atoms with Crippen molar-refractivity contribution in [3.8, 4) is 0 Å². The molecular weight excluding hydrogens is 212 g/mol. The first-order valence-corrected chi connectivity index (χ1v) is 6.57. The molecule has 0 aromatic carbocycles. The van der Waals surface area contributed by atoms with Crippen molar-refractivity contribution in [2.45, 2.75) is 45.1 Å². The predicted octanol–water partition coefficient (Wildman–Crippen LogP) is 3.28. The lowest BCUT2D eigenvalue weighted by Crippen LogP contribution is -2.28. The van der Waals surface area contributed by atoms with Gasteiger partial charge < -0.3 is 4.74 Å². The zero-order valence-corrected chi connectivity index (χ0v) is 10.9. The van der Waals surface area contributed by atoms with Crippen LogP contribution in [-0.2, 0) is 9.53 Å². The molecule has 2 unspecified atom stereocenters. The molecule has 1 fully saturated rings. The van der Waals surface area contributed by atoms with Crippen molar-refractivity contribution in [3.63, 3.8) is 0 Å². The van der Waals surface area contributed by atoms with E-state index in [-0.39, 0.29) is 0 Å². The number of hydrogen-bond donors (Lipinski definition) is 0. The van der Waals surface area contributed by atoms with Gasteiger partial charge in [0.2, 0.25) is 0 Å². The molecule has 0 aromatic heterocycles. The number of Topliss-reactive ketones (excluding diaryl/α,β-unsaturated/α-hetero) is 1. The van der Waals surface area contributed by atoms with E-state index in [1.165, 1.54) is 5.57 Å². The average Bonchev–Trinajstić information content (AvgIpc) is 3.03. The molecule has 2 nitrogen and oxygen atoms in total. The maximum Gasteiger partial charge on any atom is 0.167 e. The van der Waals surface area contributed by atoms with Crippen molar-refractivity contribution in [2.75, 3.05) is 6.61 Å². The second kappa shape index (κ2) is 4.77. The summed E-state index contributed by atoms with van der Waals surface area (Å²) in [7, 11) is 0. The van der Waals surface area contributed by atoms with Gasteiger partial charge in [-0.25, -0.2) is 0 Å². The van der Waals surface area contributed by atoms with Crippen molar-refractivity contribution >= 4 is 5.78 Å². The Labute approximate surface area is 104 Å². The molecule has 17 heavy (non-hydrogen) atoms. The summed E-state index contributed by atoms with van der Waals surface area (Å²) in [4.78, 5) is 12.2. The molecule has 0 aromatic rings. The average molecular weight is 234 g/mol. The minimum absolute atomic E-state index is 0.299. The minimum Gasteiger partial charge on any atom is -0.361 e. The summed E-state index contributed by atoms with van der Waals surface area (Å²) in [5, 5.41) is 0. The maximum atomic E-state index is 12.2. The molecule has 2 rings (SSSR count). The Balaban J connectivity index is 2.15. The van der Waals surface area contributed by atoms with Crippen LogP contribution in [0.4, 0.5) is 0 Å². The van der Waals surface area contributed by atoms with E-state index >= 15 is 0 Å². The molecule has 0 N–H and O–H groups in total. The van der Waals surface area contributed by atoms with Crippen LogP contribution in [0.15, 0.2) is 24.3 Å². The molecule has 2 aliphatic rings. The molecule has 1 heterocycles. The Morgan fingerprint density at radius 3 is 2.82 bits per heavy atom. The molecule has 94 valence electrons. The van der Waals surface area contributed by atoms with E-state index in [9.17, 15) is 4.79 Å². The number of rotatable bonds is 1. The molecule has 2 heteroatoms. The third-order valence-corrected chi connectivity index (χ3v) is 3.94. The summed E-state index contributed by atoms with van der Waals surface area (Å²) in [5.41, 5.74) is 0.749. The SMILES string of the molecule is C=C1C=CC(C(C)C)CC(=O)C2(CCC1)CO2. The van der Waals surface area contributed by atoms with Gasteiger partial charge in [-0.1, -0.05) is 38.2 Å². The lowest BCUT2D eigenvalue weighted by molar-refractivity contribution is -0.125. The zero-order valence-electron chi connectivity index (χ0n) is 10.9. The van der Waals surface area contributed by atoms with Gasteiger partial charge in [-0.05, 0) is 31.1 Å². The third-order valence-electron chi connectivity index (χ3n) is 3.94. The fourth-order valence-electron chi connectivity index (χ4n) is 2.40. The quantitative estimate of drug-likeness (QED) is 0.652. The molecule has 1 aliphatic heterocycles. The highest BCUT2D eigenvalue weighted by atomic mass is 16.6. The van der Waals surface area contributed by atoms with Crippen LogP contribution in [0, 0.1) is 11.8 Å². The molecular formula is C15H22O2. The van der Waals surface area contributed by atoms with Gasteiger partial charge in [-0.2, -0.15) is 0 Å². The van der Waals surface area contributed by atoms with E-state index in [1.54, 1.807) is 0 Å². The van der Waals surface area contributed by atoms with Crippen LogP contribution in [0.25, 0.3) is 0 Å². The number of carbonyl (C=O) groups is 1. The molecule has 0 radical (unpaired) electrons. The monoisotopic (exact) mass is 234 g/mol. The third kappa shape index (κ3) is 2.86. The highest BCUT2D eigenvalue weighted by molar-refractivity contribution is 5.90. The Bertz CT molecular complexity index is 348. The van der Waals surface area contributed by atoms with Crippen LogP contribution in [-0.4, -0.2) is 18.0 Å². The molecule has 1 spiro atoms. The normalized spacial score (nSPS) is 34.4. The Hall–Kier alpha value is -0.890. The second-order valence-electron chi connectivity index (χ2n) is 5.69. The van der Waals surface area contributed by atoms with E-state index < -0.39 is 5.60 Å². The highest BCUT2D eigenvalue weighted by Crippen LogP contribution is 2.38. The van der Waals surface area contributed by atoms with E-state index in [0.29, 0.717) is 30.6 Å². The van der Waals surface area contributed by atoms with E-state index in [1.807, 2.05) is 0 Å². The molecule has 0 bridgehead atoms. The summed E-state index contributed by atoms with van der Waals surface area (Å²) in [6, 6.07) is 0. The van der Waals surface area contributed by atoms with Crippen molar-refractivity contribution < 1.29 is 9.53 Å². The first-order chi connectivity index (χ1) is 8.03. The first kappa shape index (κ1) is 12.6. The smallest absolute Gasteiger partial charge is 0.167 e. The fraction of sp³-hybridized carbons (Fsp3) is 0.667. The zero-order chi connectivity index (χ0) is 12.5. The predicted molar refractivity (Wildman–Crippen MR) is 68.8 cm³/mol. The molecule has 2 atom stereocenters. The van der Waals surface area contributed by atoms with E-state index in [2.05, 4.69) is 32.6 Å². The summed E-state index contributed by atoms with van der Waals surface area (Å²) >= 11 is 0. The number of carbonyl (C=O) groups excluding carboxylic acids is 1. The number of ketones is 1. The van der Waals surface area contributed by atoms with E-state index in [4.69, 9.17) is 4.74 Å². The van der Waals surface area contributed by atoms with Crippen LogP contribution in [0.3, 0.4) is 0 Å². The van der Waals surface area contributed by atoms with Gasteiger partial charge in [0, 0.05) is 6.42 Å². The lowest BCUT2D eigenvalue weighted by atomic mass is 9.83. The first-order valence-electron chi connectivity index (χ1n) is 6.57. The lowest BCUT2D eigenvalue weighted by Gasteiger charge is -2.20. The van der Waals surface area contributed by atoms with E-state index in [0.717, 1.165) is 19.3 Å². The van der Waals surface area contributed by atoms with Crippen LogP contribution in [0.1, 0.15) is 39.5 Å². The Kier molecular flexibility index (Phi) is 3.53. The van der Waals surface area contributed by atoms with Crippen molar-refractivity contribution in [1.29, 1.82) is 0 Å². The van der Waals surface area contributed by atoms with Gasteiger partial charge >= 0.3 is 0 Å². The highest BCUT2D eigenvalue weighted by Gasteiger charge is 2.51. The van der Waals surface area contributed by atoms with Gasteiger partial charge in [-0.3, -0.25) is 4.79 Å². The number of allylic oxidation sites excluding steroid dienone is 3. The largest absolute Gasteiger partial charge is 0.361 e. The number of ether oxygens (including phenoxy) is 1. The van der Waals surface area contributed by atoms with Crippen molar-refractivity contribution in [2.24, 2.45) is 11.8 Å². The van der Waals surface area contributed by atoms with Crippen LogP contribution < -0.4 is 0 Å². The van der Waals surface area contributed by atoms with Crippen molar-refractivity contribution in [1.82, 2.24) is 0 Å². The maximum absolute atomic E-state index is 12.2. The van der Waals surface area contributed by atoms with Gasteiger partial charge in [0.05, 0.1) is 6.61 Å². The van der Waals surface area contributed by atoms with Gasteiger partial charge in [0.1, 0.15) is 5.60 Å². The Morgan fingerprint density at radius 1 is 1.53 bits per heavy atom. The summed E-state index contributed by atoms with van der Waals surface area (Å²) in [5.74, 6) is 1.10. The fourth-order valence-corrected chi connectivity index (χ4v) is 2.40. The molecule has 1 aliphatic carbocycles. The summed E-state index contributed by atoms with van der Waals surface area (Å²) < 4.78 is 5.44. The standard InChI is InChI=1S/C15H22O2/c1-11(2)13-7-6-12(3)5-4-8-15(10-17-15)14(16)9-13/h6-7,11,13H,3-5,8-10H2,1-2H3. The number of hydrogen-bond acceptors (Lipinski definition) is 2. The number of epoxide rings is 1. The van der Waals surface area contributed by atoms with Gasteiger partial charge in [-0.15, -0.1) is 0 Å². The molecule has 0 amide bonds. The van der Waals surface area contributed by atoms with Crippen molar-refractivity contribution in [3.05, 3.63) is 24.3 Å². The minimum atomic E-state index is -0.418. The van der Waals surface area contributed by atoms with Crippen LogP contribution in [0.2, 0.25) is 0 Å². The molecule has 1 saturated heterocycles. The summed E-state index contributed by atoms with van der Waals surface area (Å²) in [6.45, 7) is 9.02. The Morgan fingerprint density at radius 2 is 2.24 bits per heavy atom. The van der Waals surface area contributed by atoms with Crippen LogP contribution in [0.5, 0.6) is 0 Å². The van der Waals surface area contributed by atoms with Gasteiger partial charge in [0.15, 0.2) is 5.78 Å². The van der Waals surface area contributed by atoms with Gasteiger partial charge in [0.25, 0.3) is 0 Å². The molecule has 0 saturated carbocycles. The van der Waals surface area contributed by atoms with Crippen LogP contribution >= 0.6 is 0 Å². The second-order valence-corrected chi connectivity index (χ2v) is 5.69.